The second-order valence-corrected chi connectivity index (χ2v) is 11.3. The van der Waals surface area contributed by atoms with Crippen molar-refractivity contribution in [3.05, 3.63) is 9.66 Å². The summed E-state index contributed by atoms with van der Waals surface area (Å²) in [6.45, 7) is 13.7. The topological polar surface area (TPSA) is 35.5 Å². The van der Waals surface area contributed by atoms with Crippen molar-refractivity contribution >= 4 is 36.9 Å². The quantitative estimate of drug-likeness (QED) is 0.319. The van der Waals surface area contributed by atoms with Crippen molar-refractivity contribution in [3.8, 4) is 0 Å². The molecule has 0 heterocycles. The van der Waals surface area contributed by atoms with Crippen LogP contribution in [0.3, 0.4) is 0 Å². The standard InChI is InChI=1S/C12H23IO3Si/c1-7-15-11(14)10(13)8-9-16-17(5,6)12(2,3)4/h8H,7,9H2,1-6H3/b10-8+. The fraction of sp³-hybridized carbons (Fsp3) is 0.750. The van der Waals surface area contributed by atoms with Crippen LogP contribution in [-0.2, 0) is 14.0 Å². The Hall–Kier alpha value is 0.117. The Morgan fingerprint density at radius 1 is 1.35 bits per heavy atom. The van der Waals surface area contributed by atoms with Gasteiger partial charge in [0, 0.05) is 0 Å². The molecule has 0 amide bonds. The van der Waals surface area contributed by atoms with Crippen LogP contribution in [0.2, 0.25) is 18.1 Å². The molecule has 0 aromatic heterocycles. The van der Waals surface area contributed by atoms with Gasteiger partial charge < -0.3 is 9.16 Å². The van der Waals surface area contributed by atoms with Crippen molar-refractivity contribution in [2.45, 2.75) is 45.8 Å². The molecule has 0 aliphatic heterocycles. The van der Waals surface area contributed by atoms with Gasteiger partial charge in [-0.2, -0.15) is 0 Å². The molecule has 0 atom stereocenters. The molecule has 0 N–H and O–H groups in total. The molecule has 3 nitrogen and oxygen atoms in total. The average Bonchev–Trinajstić information content (AvgIpc) is 2.15. The number of hydrogen-bond acceptors (Lipinski definition) is 3. The van der Waals surface area contributed by atoms with Crippen molar-refractivity contribution in [2.24, 2.45) is 0 Å². The molecule has 0 rings (SSSR count). The van der Waals surface area contributed by atoms with Crippen molar-refractivity contribution in [2.75, 3.05) is 13.2 Å². The van der Waals surface area contributed by atoms with Crippen LogP contribution in [0.1, 0.15) is 27.7 Å². The molecular formula is C12H23IO3Si. The third-order valence-electron chi connectivity index (χ3n) is 2.98. The maximum absolute atomic E-state index is 11.4. The van der Waals surface area contributed by atoms with E-state index in [-0.39, 0.29) is 11.0 Å². The molecule has 0 aromatic rings. The molecule has 0 spiro atoms. The Morgan fingerprint density at radius 2 is 1.88 bits per heavy atom. The van der Waals surface area contributed by atoms with Gasteiger partial charge in [-0.1, -0.05) is 20.8 Å². The van der Waals surface area contributed by atoms with Crippen LogP contribution in [0, 0.1) is 0 Å². The molecule has 17 heavy (non-hydrogen) atoms. The zero-order valence-electron chi connectivity index (χ0n) is 11.6. The van der Waals surface area contributed by atoms with Crippen LogP contribution >= 0.6 is 22.6 Å². The fourth-order valence-corrected chi connectivity index (χ4v) is 2.09. The molecule has 0 saturated heterocycles. The summed E-state index contributed by atoms with van der Waals surface area (Å²) in [5, 5.41) is 0.191. The molecule has 0 aromatic carbocycles. The molecular weight excluding hydrogens is 347 g/mol. The first-order valence-corrected chi connectivity index (χ1v) is 9.77. The second kappa shape index (κ2) is 6.89. The number of halogens is 1. The Labute approximate surface area is 119 Å². The first-order chi connectivity index (χ1) is 7.62. The van der Waals surface area contributed by atoms with Crippen LogP contribution < -0.4 is 0 Å². The fourth-order valence-electron chi connectivity index (χ4n) is 0.823. The van der Waals surface area contributed by atoms with E-state index < -0.39 is 8.32 Å². The van der Waals surface area contributed by atoms with Crippen LogP contribution in [0.5, 0.6) is 0 Å². The van der Waals surface area contributed by atoms with E-state index in [2.05, 4.69) is 33.9 Å². The minimum atomic E-state index is -1.73. The van der Waals surface area contributed by atoms with Crippen LogP contribution in [0.4, 0.5) is 0 Å². The van der Waals surface area contributed by atoms with Gasteiger partial charge in [-0.3, -0.25) is 0 Å². The van der Waals surface area contributed by atoms with Gasteiger partial charge in [0.05, 0.1) is 16.8 Å². The molecule has 0 saturated carbocycles. The van der Waals surface area contributed by atoms with Gasteiger partial charge in [0.15, 0.2) is 8.32 Å². The summed E-state index contributed by atoms with van der Waals surface area (Å²) in [7, 11) is -1.73. The number of rotatable bonds is 5. The molecule has 0 fully saturated rings. The predicted molar refractivity (Wildman–Crippen MR) is 81.9 cm³/mol. The van der Waals surface area contributed by atoms with Crippen LogP contribution in [0.25, 0.3) is 0 Å². The van der Waals surface area contributed by atoms with E-state index in [1.807, 2.05) is 22.6 Å². The van der Waals surface area contributed by atoms with Crippen molar-refractivity contribution in [3.63, 3.8) is 0 Å². The van der Waals surface area contributed by atoms with E-state index in [9.17, 15) is 4.79 Å². The highest BCUT2D eigenvalue weighted by atomic mass is 127. The summed E-state index contributed by atoms with van der Waals surface area (Å²) in [5.41, 5.74) is 0. The monoisotopic (exact) mass is 370 g/mol. The Bertz CT molecular complexity index is 293. The summed E-state index contributed by atoms with van der Waals surface area (Å²) >= 11 is 1.99. The van der Waals surface area contributed by atoms with Gasteiger partial charge in [-0.15, -0.1) is 0 Å². The number of carbonyl (C=O) groups is 1. The third kappa shape index (κ3) is 6.01. The number of hydrogen-bond donors (Lipinski definition) is 0. The smallest absolute Gasteiger partial charge is 0.344 e. The first-order valence-electron chi connectivity index (χ1n) is 5.78. The van der Waals surface area contributed by atoms with Crippen LogP contribution in [0.15, 0.2) is 9.66 Å². The van der Waals surface area contributed by atoms with E-state index in [0.717, 1.165) is 0 Å². The summed E-state index contributed by atoms with van der Waals surface area (Å²) in [5.74, 6) is -0.271. The number of ether oxygens (including phenoxy) is 1. The lowest BCUT2D eigenvalue weighted by Crippen LogP contribution is -2.40. The lowest BCUT2D eigenvalue weighted by Gasteiger charge is -2.35. The lowest BCUT2D eigenvalue weighted by molar-refractivity contribution is -0.137. The normalized spacial score (nSPS) is 13.7. The van der Waals surface area contributed by atoms with Crippen molar-refractivity contribution in [1.82, 2.24) is 0 Å². The Morgan fingerprint density at radius 3 is 2.29 bits per heavy atom. The second-order valence-electron chi connectivity index (χ2n) is 5.34. The zero-order chi connectivity index (χ0) is 13.7. The van der Waals surface area contributed by atoms with E-state index >= 15 is 0 Å². The highest BCUT2D eigenvalue weighted by molar-refractivity contribution is 14.1. The SMILES string of the molecule is CCOC(=O)/C(I)=C\CO[Si](C)(C)C(C)(C)C. The van der Waals surface area contributed by atoms with Crippen molar-refractivity contribution < 1.29 is 14.0 Å². The van der Waals surface area contributed by atoms with Gasteiger partial charge in [-0.05, 0) is 53.7 Å². The van der Waals surface area contributed by atoms with Crippen molar-refractivity contribution in [1.29, 1.82) is 0 Å². The number of esters is 1. The first kappa shape index (κ1) is 17.1. The largest absolute Gasteiger partial charge is 0.462 e. The maximum Gasteiger partial charge on any atom is 0.344 e. The predicted octanol–water partition coefficient (Wildman–Crippen LogP) is 3.89. The highest BCUT2D eigenvalue weighted by Gasteiger charge is 2.36. The third-order valence-corrected chi connectivity index (χ3v) is 8.36. The molecule has 100 valence electrons. The Kier molecular flexibility index (Phi) is 6.94. The summed E-state index contributed by atoms with van der Waals surface area (Å²) < 4.78 is 11.4. The van der Waals surface area contributed by atoms with Gasteiger partial charge in [0.2, 0.25) is 0 Å². The molecule has 0 bridgehead atoms. The highest BCUT2D eigenvalue weighted by Crippen LogP contribution is 2.36. The summed E-state index contributed by atoms with van der Waals surface area (Å²) in [6.07, 6.45) is 1.79. The van der Waals surface area contributed by atoms with Gasteiger partial charge in [0.25, 0.3) is 0 Å². The zero-order valence-corrected chi connectivity index (χ0v) is 14.8. The van der Waals surface area contributed by atoms with Gasteiger partial charge in [-0.25, -0.2) is 4.79 Å². The van der Waals surface area contributed by atoms with Gasteiger partial charge in [0.1, 0.15) is 0 Å². The molecule has 0 aliphatic rings. The van der Waals surface area contributed by atoms with E-state index in [1.54, 1.807) is 13.0 Å². The van der Waals surface area contributed by atoms with Gasteiger partial charge >= 0.3 is 5.97 Å². The molecule has 0 aliphatic carbocycles. The lowest BCUT2D eigenvalue weighted by atomic mass is 10.2. The summed E-state index contributed by atoms with van der Waals surface area (Å²) in [4.78, 5) is 11.4. The van der Waals surface area contributed by atoms with E-state index in [0.29, 0.717) is 16.8 Å². The molecule has 5 heteroatoms. The number of carbonyl (C=O) groups excluding carboxylic acids is 1. The minimum absolute atomic E-state index is 0.191. The summed E-state index contributed by atoms with van der Waals surface area (Å²) in [6, 6.07) is 0. The maximum atomic E-state index is 11.4. The van der Waals surface area contributed by atoms with Crippen LogP contribution in [-0.4, -0.2) is 27.5 Å². The molecule has 0 unspecified atom stereocenters. The minimum Gasteiger partial charge on any atom is -0.462 e. The van der Waals surface area contributed by atoms with E-state index in [1.165, 1.54) is 0 Å². The van der Waals surface area contributed by atoms with E-state index in [4.69, 9.17) is 9.16 Å². The Balaban J connectivity index is 4.32. The average molecular weight is 370 g/mol. The molecule has 0 radical (unpaired) electrons.